The number of ether oxygens (including phenoxy) is 1. The van der Waals surface area contributed by atoms with Crippen LogP contribution >= 0.6 is 35.6 Å². The number of azo groups is 1. The zero-order valence-electron chi connectivity index (χ0n) is 23.2. The van der Waals surface area contributed by atoms with Crippen molar-refractivity contribution in [2.75, 3.05) is 35.4 Å². The van der Waals surface area contributed by atoms with Gasteiger partial charge in [0.25, 0.3) is 20.2 Å². The molecule has 44 heavy (non-hydrogen) atoms. The number of aryl methyl sites for hydroxylation is 1. The normalized spacial score (nSPS) is 12.1. The van der Waals surface area contributed by atoms with Crippen molar-refractivity contribution in [2.45, 2.75) is 35.0 Å². The maximum absolute atomic E-state index is 11.0. The third-order valence-electron chi connectivity index (χ3n) is 5.17. The summed E-state index contributed by atoms with van der Waals surface area (Å²) in [5.41, 5.74) is 2.26. The Kier molecular flexibility index (Phi) is 14.0. The van der Waals surface area contributed by atoms with Gasteiger partial charge < -0.3 is 10.1 Å². The van der Waals surface area contributed by atoms with Crippen LogP contribution in [0.25, 0.3) is 0 Å². The van der Waals surface area contributed by atoms with Gasteiger partial charge in [-0.05, 0) is 49.6 Å². The average Bonchev–Trinajstić information content (AvgIpc) is 2.95. The van der Waals surface area contributed by atoms with E-state index in [-0.39, 0.29) is 29.1 Å². The molecule has 0 unspecified atom stereocenters. The Balaban J connectivity index is 1.81. The van der Waals surface area contributed by atoms with Gasteiger partial charge in [0.1, 0.15) is 5.75 Å². The lowest BCUT2D eigenvalue weighted by Gasteiger charge is -2.13. The van der Waals surface area contributed by atoms with Crippen molar-refractivity contribution < 1.29 is 45.3 Å². The van der Waals surface area contributed by atoms with E-state index in [1.165, 1.54) is 7.11 Å². The number of hydrogen-bond donors (Lipinski definition) is 4. The topological polar surface area (TPSA) is 232 Å². The SMILES string of the molecule is COc1cc(N=Nc2cccc(SOOO)c2)c(C)cc1Nc1nc(SCCCS(=O)(=O)O)nc(SCCCS(=O)(=O)O)n1. The Labute approximate surface area is 266 Å². The van der Waals surface area contributed by atoms with Crippen LogP contribution in [0.15, 0.2) is 61.8 Å². The Morgan fingerprint density at radius 3 is 2.11 bits per heavy atom. The molecule has 0 saturated carbocycles. The lowest BCUT2D eigenvalue weighted by Crippen LogP contribution is -2.07. The number of thioether (sulfide) groups is 2. The molecular formula is C23H28N6O10S5. The molecular weight excluding hydrogens is 681 g/mol. The fourth-order valence-corrected chi connectivity index (χ4v) is 6.67. The van der Waals surface area contributed by atoms with Crippen molar-refractivity contribution in [2.24, 2.45) is 10.2 Å². The summed E-state index contributed by atoms with van der Waals surface area (Å²) in [6.07, 6.45) is 0.317. The number of methoxy groups -OCH3 is 1. The first-order valence-electron chi connectivity index (χ1n) is 12.4. The first kappa shape index (κ1) is 35.9. The van der Waals surface area contributed by atoms with Crippen LogP contribution in [0.1, 0.15) is 18.4 Å². The minimum Gasteiger partial charge on any atom is -0.494 e. The van der Waals surface area contributed by atoms with E-state index in [0.717, 1.165) is 41.1 Å². The summed E-state index contributed by atoms with van der Waals surface area (Å²) in [4.78, 5) is 13.8. The van der Waals surface area contributed by atoms with Gasteiger partial charge in [0, 0.05) is 22.5 Å². The van der Waals surface area contributed by atoms with E-state index in [9.17, 15) is 16.8 Å². The summed E-state index contributed by atoms with van der Waals surface area (Å²) in [5.74, 6) is 0.304. The summed E-state index contributed by atoms with van der Waals surface area (Å²) >= 11 is 3.10. The third kappa shape index (κ3) is 13.2. The molecule has 0 radical (unpaired) electrons. The molecule has 1 heterocycles. The number of hydrogen-bond acceptors (Lipinski definition) is 17. The van der Waals surface area contributed by atoms with Crippen LogP contribution in [0.4, 0.5) is 23.0 Å². The highest BCUT2D eigenvalue weighted by Gasteiger charge is 2.14. The molecule has 4 N–H and O–H groups in total. The average molecular weight is 709 g/mol. The fraction of sp³-hybridized carbons (Fsp3) is 0.348. The molecule has 16 nitrogen and oxygen atoms in total. The van der Waals surface area contributed by atoms with Gasteiger partial charge in [0.15, 0.2) is 10.3 Å². The van der Waals surface area contributed by atoms with E-state index in [0.29, 0.717) is 39.2 Å². The number of nitrogens with one attached hydrogen (secondary N) is 1. The number of anilines is 2. The molecule has 0 atom stereocenters. The number of aromatic nitrogens is 3. The monoisotopic (exact) mass is 708 g/mol. The quantitative estimate of drug-likeness (QED) is 0.0242. The molecule has 0 fully saturated rings. The smallest absolute Gasteiger partial charge is 0.264 e. The van der Waals surface area contributed by atoms with E-state index in [1.807, 2.05) is 6.92 Å². The van der Waals surface area contributed by atoms with E-state index in [4.69, 9.17) is 19.1 Å². The summed E-state index contributed by atoms with van der Waals surface area (Å²) in [7, 11) is -6.73. The van der Waals surface area contributed by atoms with E-state index in [1.54, 1.807) is 36.4 Å². The molecule has 0 amide bonds. The number of benzene rings is 2. The summed E-state index contributed by atoms with van der Waals surface area (Å²) < 4.78 is 72.1. The summed E-state index contributed by atoms with van der Waals surface area (Å²) in [6.45, 7) is 1.82. The minimum absolute atomic E-state index is 0.144. The van der Waals surface area contributed by atoms with Crippen LogP contribution in [0.5, 0.6) is 5.75 Å². The Morgan fingerprint density at radius 2 is 1.55 bits per heavy atom. The Hall–Kier alpha value is -2.60. The van der Waals surface area contributed by atoms with Crippen LogP contribution in [0, 0.1) is 6.92 Å². The summed E-state index contributed by atoms with van der Waals surface area (Å²) in [6, 6.07) is 10.3. The lowest BCUT2D eigenvalue weighted by atomic mass is 10.1. The highest BCUT2D eigenvalue weighted by molar-refractivity contribution is 7.99. The molecule has 21 heteroatoms. The first-order valence-corrected chi connectivity index (χ1v) is 18.3. The Morgan fingerprint density at radius 1 is 0.909 bits per heavy atom. The molecule has 0 aliphatic carbocycles. The van der Waals surface area contributed by atoms with Crippen LogP contribution in [0.3, 0.4) is 0 Å². The van der Waals surface area contributed by atoms with Crippen LogP contribution in [0.2, 0.25) is 0 Å². The predicted molar refractivity (Wildman–Crippen MR) is 166 cm³/mol. The molecule has 2 aromatic carbocycles. The highest BCUT2D eigenvalue weighted by atomic mass is 32.2. The van der Waals surface area contributed by atoms with Gasteiger partial charge in [-0.25, -0.2) is 5.26 Å². The van der Waals surface area contributed by atoms with Crippen molar-refractivity contribution in [3.8, 4) is 5.75 Å². The molecule has 0 aliphatic heterocycles. The maximum atomic E-state index is 11.0. The molecule has 0 bridgehead atoms. The van der Waals surface area contributed by atoms with Crippen molar-refractivity contribution in [3.05, 3.63) is 42.0 Å². The zero-order valence-corrected chi connectivity index (χ0v) is 27.3. The van der Waals surface area contributed by atoms with Crippen LogP contribution < -0.4 is 10.1 Å². The minimum atomic E-state index is -4.10. The number of nitrogens with zero attached hydrogens (tertiary/aromatic N) is 5. The van der Waals surface area contributed by atoms with Crippen molar-refractivity contribution >= 4 is 78.8 Å². The largest absolute Gasteiger partial charge is 0.494 e. The molecule has 1 aromatic heterocycles. The second-order valence-electron chi connectivity index (χ2n) is 8.59. The highest BCUT2D eigenvalue weighted by Crippen LogP contribution is 2.36. The Bertz CT molecular complexity index is 1600. The number of rotatable bonds is 18. The molecule has 3 rings (SSSR count). The van der Waals surface area contributed by atoms with Gasteiger partial charge in [0.2, 0.25) is 5.95 Å². The second kappa shape index (κ2) is 17.2. The van der Waals surface area contributed by atoms with Crippen molar-refractivity contribution in [3.63, 3.8) is 0 Å². The molecule has 3 aromatic rings. The van der Waals surface area contributed by atoms with E-state index in [2.05, 4.69) is 39.9 Å². The molecule has 0 spiro atoms. The van der Waals surface area contributed by atoms with Gasteiger partial charge in [-0.2, -0.15) is 42.0 Å². The van der Waals surface area contributed by atoms with E-state index < -0.39 is 31.7 Å². The lowest BCUT2D eigenvalue weighted by molar-refractivity contribution is -0.432. The van der Waals surface area contributed by atoms with Gasteiger partial charge >= 0.3 is 0 Å². The first-order chi connectivity index (χ1) is 20.8. The van der Waals surface area contributed by atoms with Crippen LogP contribution in [-0.4, -0.2) is 76.3 Å². The van der Waals surface area contributed by atoms with Crippen molar-refractivity contribution in [1.82, 2.24) is 15.0 Å². The fourth-order valence-electron chi connectivity index (χ4n) is 3.27. The molecule has 0 aliphatic rings. The second-order valence-corrected chi connectivity index (χ2v) is 14.6. The van der Waals surface area contributed by atoms with Gasteiger partial charge in [-0.1, -0.05) is 34.6 Å². The van der Waals surface area contributed by atoms with Crippen molar-refractivity contribution in [1.29, 1.82) is 0 Å². The zero-order chi connectivity index (χ0) is 32.2. The molecule has 240 valence electrons. The summed E-state index contributed by atoms with van der Waals surface area (Å²) in [5, 5.41) is 24.2. The molecule has 0 saturated heterocycles. The predicted octanol–water partition coefficient (Wildman–Crippen LogP) is 5.52. The standard InChI is InChI=1S/C23H28N6O10S5/c1-15-12-19(20(37-2)14-18(15)29-28-16-6-3-7-17(13-16)42-39-38-30)24-21-25-22(40-8-4-10-43(31,32)33)27-23(26-21)41-9-5-11-44(34,35)36/h3,6-7,12-14,30H,4-5,8-11H2,1-2H3,(H,31,32,33)(H,34,35,36)(H,24,25,26,27). The van der Waals surface area contributed by atoms with E-state index >= 15 is 0 Å². The maximum Gasteiger partial charge on any atom is 0.264 e. The van der Waals surface area contributed by atoms with Crippen LogP contribution in [-0.2, 0) is 29.6 Å². The van der Waals surface area contributed by atoms with Gasteiger partial charge in [0.05, 0.1) is 47.7 Å². The van der Waals surface area contributed by atoms with Gasteiger partial charge in [-0.15, -0.1) is 4.33 Å². The third-order valence-corrected chi connectivity index (χ3v) is 9.22. The van der Waals surface area contributed by atoms with Gasteiger partial charge in [-0.3, -0.25) is 9.11 Å².